The molecule has 1 aromatic heterocycles. The van der Waals surface area contributed by atoms with Gasteiger partial charge < -0.3 is 15.2 Å². The molecule has 6 heteroatoms. The fourth-order valence-electron chi connectivity index (χ4n) is 1.88. The van der Waals surface area contributed by atoms with E-state index in [1.165, 1.54) is 6.07 Å². The molecule has 0 bridgehead atoms. The van der Waals surface area contributed by atoms with Crippen LogP contribution in [0.4, 0.5) is 10.2 Å². The van der Waals surface area contributed by atoms with E-state index in [-0.39, 0.29) is 11.7 Å². The number of anilines is 1. The van der Waals surface area contributed by atoms with Crippen molar-refractivity contribution in [1.29, 1.82) is 0 Å². The molecule has 0 atom stereocenters. The molecular formula is C15H18FN3O2. The second-order valence-electron chi connectivity index (χ2n) is 4.71. The molecule has 0 saturated heterocycles. The lowest BCUT2D eigenvalue weighted by Crippen LogP contribution is -2.23. The largest absolute Gasteiger partial charge is 0.360 e. The molecule has 0 spiro atoms. The molecular weight excluding hydrogens is 273 g/mol. The van der Waals surface area contributed by atoms with Gasteiger partial charge in [0, 0.05) is 19.0 Å². The third-order valence-electron chi connectivity index (χ3n) is 2.95. The summed E-state index contributed by atoms with van der Waals surface area (Å²) >= 11 is 0. The Labute approximate surface area is 122 Å². The van der Waals surface area contributed by atoms with Crippen molar-refractivity contribution in [2.75, 3.05) is 18.4 Å². The van der Waals surface area contributed by atoms with Crippen molar-refractivity contribution in [2.45, 2.75) is 19.8 Å². The molecule has 2 N–H and O–H groups in total. The normalized spacial score (nSPS) is 10.6. The summed E-state index contributed by atoms with van der Waals surface area (Å²) in [4.78, 5) is 11.6. The second-order valence-corrected chi connectivity index (χ2v) is 4.71. The standard InChI is InChI=1S/C15H18FN3O2/c1-11-10-14(19-21-11)18-15(20)7-9-17-8-6-12-4-2-3-5-13(12)16/h2-5,10,17H,6-9H2,1H3,(H,18,19,20). The number of amides is 1. The number of hydrogen-bond acceptors (Lipinski definition) is 4. The number of carbonyl (C=O) groups excluding carboxylic acids is 1. The number of nitrogens with one attached hydrogen (secondary N) is 2. The summed E-state index contributed by atoms with van der Waals surface area (Å²) in [5, 5.41) is 9.43. The van der Waals surface area contributed by atoms with Crippen molar-refractivity contribution in [3.63, 3.8) is 0 Å². The summed E-state index contributed by atoms with van der Waals surface area (Å²) < 4.78 is 18.2. The van der Waals surface area contributed by atoms with Gasteiger partial charge in [0.05, 0.1) is 0 Å². The summed E-state index contributed by atoms with van der Waals surface area (Å²) in [6.07, 6.45) is 0.917. The second kappa shape index (κ2) is 7.54. The van der Waals surface area contributed by atoms with Crippen LogP contribution in [-0.4, -0.2) is 24.2 Å². The van der Waals surface area contributed by atoms with E-state index in [0.29, 0.717) is 43.1 Å². The van der Waals surface area contributed by atoms with Gasteiger partial charge in [-0.2, -0.15) is 0 Å². The van der Waals surface area contributed by atoms with Crippen LogP contribution in [0.15, 0.2) is 34.9 Å². The van der Waals surface area contributed by atoms with Crippen LogP contribution in [0.25, 0.3) is 0 Å². The van der Waals surface area contributed by atoms with Gasteiger partial charge in [0.25, 0.3) is 0 Å². The highest BCUT2D eigenvalue weighted by Gasteiger charge is 2.06. The van der Waals surface area contributed by atoms with E-state index < -0.39 is 0 Å². The van der Waals surface area contributed by atoms with Crippen LogP contribution >= 0.6 is 0 Å². The maximum atomic E-state index is 13.4. The maximum absolute atomic E-state index is 13.4. The number of hydrogen-bond donors (Lipinski definition) is 2. The van der Waals surface area contributed by atoms with Gasteiger partial charge in [0.2, 0.25) is 5.91 Å². The Balaban J connectivity index is 1.61. The van der Waals surface area contributed by atoms with Crippen LogP contribution in [0.1, 0.15) is 17.7 Å². The van der Waals surface area contributed by atoms with Crippen LogP contribution in [0.3, 0.4) is 0 Å². The Bertz CT molecular complexity index is 598. The number of benzene rings is 1. The van der Waals surface area contributed by atoms with Gasteiger partial charge in [-0.1, -0.05) is 23.4 Å². The first-order valence-corrected chi connectivity index (χ1v) is 6.82. The predicted octanol–water partition coefficient (Wildman–Crippen LogP) is 2.28. The molecule has 0 unspecified atom stereocenters. The van der Waals surface area contributed by atoms with Crippen LogP contribution in [0.5, 0.6) is 0 Å². The van der Waals surface area contributed by atoms with Gasteiger partial charge in [-0.25, -0.2) is 4.39 Å². The van der Waals surface area contributed by atoms with Crippen LogP contribution in [-0.2, 0) is 11.2 Å². The summed E-state index contributed by atoms with van der Waals surface area (Å²) in [7, 11) is 0. The molecule has 2 aromatic rings. The van der Waals surface area contributed by atoms with Crippen LogP contribution in [0.2, 0.25) is 0 Å². The van der Waals surface area contributed by atoms with Crippen molar-refractivity contribution < 1.29 is 13.7 Å². The summed E-state index contributed by atoms with van der Waals surface area (Å²) in [6, 6.07) is 8.34. The molecule has 1 amide bonds. The highest BCUT2D eigenvalue weighted by Crippen LogP contribution is 2.07. The first-order valence-electron chi connectivity index (χ1n) is 6.82. The molecule has 0 radical (unpaired) electrons. The van der Waals surface area contributed by atoms with Gasteiger partial charge in [0.15, 0.2) is 5.82 Å². The molecule has 112 valence electrons. The van der Waals surface area contributed by atoms with Crippen LogP contribution in [0, 0.1) is 12.7 Å². The minimum atomic E-state index is -0.196. The molecule has 1 heterocycles. The lowest BCUT2D eigenvalue weighted by Gasteiger charge is -2.05. The number of carbonyl (C=O) groups is 1. The highest BCUT2D eigenvalue weighted by molar-refractivity contribution is 5.89. The molecule has 2 rings (SSSR count). The van der Waals surface area contributed by atoms with Gasteiger partial charge in [-0.05, 0) is 31.5 Å². The zero-order valence-electron chi connectivity index (χ0n) is 11.9. The Morgan fingerprint density at radius 3 is 2.86 bits per heavy atom. The maximum Gasteiger partial charge on any atom is 0.226 e. The number of rotatable bonds is 7. The Morgan fingerprint density at radius 2 is 2.14 bits per heavy atom. The van der Waals surface area contributed by atoms with Gasteiger partial charge >= 0.3 is 0 Å². The third-order valence-corrected chi connectivity index (χ3v) is 2.95. The molecule has 21 heavy (non-hydrogen) atoms. The van der Waals surface area contributed by atoms with Gasteiger partial charge in [-0.3, -0.25) is 4.79 Å². The quantitative estimate of drug-likeness (QED) is 0.768. The number of aryl methyl sites for hydroxylation is 1. The van der Waals surface area contributed by atoms with E-state index in [4.69, 9.17) is 4.52 Å². The topological polar surface area (TPSA) is 67.2 Å². The first-order chi connectivity index (χ1) is 10.1. The molecule has 0 aliphatic heterocycles. The van der Waals surface area contributed by atoms with Crippen molar-refractivity contribution >= 4 is 11.7 Å². The SMILES string of the molecule is Cc1cc(NC(=O)CCNCCc2ccccc2F)no1. The van der Waals surface area contributed by atoms with E-state index in [0.717, 1.165) is 0 Å². The monoisotopic (exact) mass is 291 g/mol. The minimum absolute atomic E-state index is 0.137. The van der Waals surface area contributed by atoms with E-state index in [1.807, 2.05) is 6.07 Å². The average molecular weight is 291 g/mol. The smallest absolute Gasteiger partial charge is 0.226 e. The summed E-state index contributed by atoms with van der Waals surface area (Å²) in [5.41, 5.74) is 0.674. The fraction of sp³-hybridized carbons (Fsp3) is 0.333. The van der Waals surface area contributed by atoms with Crippen molar-refractivity contribution in [3.8, 4) is 0 Å². The molecule has 5 nitrogen and oxygen atoms in total. The zero-order valence-corrected chi connectivity index (χ0v) is 11.9. The molecule has 0 fully saturated rings. The van der Waals surface area contributed by atoms with E-state index in [2.05, 4.69) is 15.8 Å². The molecule has 0 aliphatic carbocycles. The molecule has 1 aromatic carbocycles. The van der Waals surface area contributed by atoms with Gasteiger partial charge in [0.1, 0.15) is 11.6 Å². The molecule has 0 aliphatic rings. The van der Waals surface area contributed by atoms with E-state index >= 15 is 0 Å². The molecule has 0 saturated carbocycles. The lowest BCUT2D eigenvalue weighted by atomic mass is 10.1. The summed E-state index contributed by atoms with van der Waals surface area (Å²) in [5.74, 6) is 0.734. The minimum Gasteiger partial charge on any atom is -0.360 e. The highest BCUT2D eigenvalue weighted by atomic mass is 19.1. The zero-order chi connectivity index (χ0) is 15.1. The lowest BCUT2D eigenvalue weighted by molar-refractivity contribution is -0.116. The van der Waals surface area contributed by atoms with Gasteiger partial charge in [-0.15, -0.1) is 0 Å². The fourth-order valence-corrected chi connectivity index (χ4v) is 1.88. The summed E-state index contributed by atoms with van der Waals surface area (Å²) in [6.45, 7) is 2.90. The van der Waals surface area contributed by atoms with E-state index in [9.17, 15) is 9.18 Å². The Kier molecular flexibility index (Phi) is 5.45. The third kappa shape index (κ3) is 5.00. The number of halogens is 1. The van der Waals surface area contributed by atoms with Crippen molar-refractivity contribution in [3.05, 3.63) is 47.5 Å². The Morgan fingerprint density at radius 1 is 1.33 bits per heavy atom. The first kappa shape index (κ1) is 15.2. The van der Waals surface area contributed by atoms with Crippen LogP contribution < -0.4 is 10.6 Å². The number of nitrogens with zero attached hydrogens (tertiary/aromatic N) is 1. The van der Waals surface area contributed by atoms with Crippen molar-refractivity contribution in [2.24, 2.45) is 0 Å². The Hall–Kier alpha value is -2.21. The van der Waals surface area contributed by atoms with E-state index in [1.54, 1.807) is 25.1 Å². The van der Waals surface area contributed by atoms with Crippen molar-refractivity contribution in [1.82, 2.24) is 10.5 Å². The number of aromatic nitrogens is 1. The predicted molar refractivity (Wildman–Crippen MR) is 77.5 cm³/mol. The average Bonchev–Trinajstić information content (AvgIpc) is 2.85.